The zero-order chi connectivity index (χ0) is 7.40. The van der Waals surface area contributed by atoms with Crippen LogP contribution in [0.2, 0.25) is 6.55 Å². The third kappa shape index (κ3) is 1.54. The number of carbonyl (C=O) groups excluding carboxylic acids is 1. The lowest BCUT2D eigenvalue weighted by molar-refractivity contribution is 0.568. The van der Waals surface area contributed by atoms with Gasteiger partial charge in [0, 0.05) is 0 Å². The fourth-order valence-corrected chi connectivity index (χ4v) is 1.62. The highest BCUT2D eigenvalue weighted by Crippen LogP contribution is 1.84. The van der Waals surface area contributed by atoms with Gasteiger partial charge in [-0.1, -0.05) is 42.1 Å². The lowest BCUT2D eigenvalue weighted by Gasteiger charge is -1.98. The van der Waals surface area contributed by atoms with Gasteiger partial charge < -0.3 is 4.79 Å². The Bertz CT molecular complexity index is 208. The van der Waals surface area contributed by atoms with Crippen LogP contribution < -0.4 is 5.19 Å². The van der Waals surface area contributed by atoms with Crippen molar-refractivity contribution in [2.45, 2.75) is 6.55 Å². The molecule has 51 valence electrons. The van der Waals surface area contributed by atoms with Gasteiger partial charge in [0.1, 0.15) is 5.91 Å². The summed E-state index contributed by atoms with van der Waals surface area (Å²) in [4.78, 5) is 10.4. The Kier molecular flexibility index (Phi) is 2.40. The lowest BCUT2D eigenvalue weighted by atomic mass is 10.4. The zero-order valence-corrected chi connectivity index (χ0v) is 6.87. The monoisotopic (exact) mass is 149 g/mol. The van der Waals surface area contributed by atoms with E-state index in [2.05, 4.69) is 0 Å². The van der Waals surface area contributed by atoms with E-state index in [0.717, 1.165) is 5.91 Å². The summed E-state index contributed by atoms with van der Waals surface area (Å²) in [6, 6.07) is 9.90. The lowest BCUT2D eigenvalue weighted by Crippen LogP contribution is -2.27. The average Bonchev–Trinajstić information content (AvgIpc) is 2.05. The van der Waals surface area contributed by atoms with Gasteiger partial charge in [-0.2, -0.15) is 0 Å². The maximum Gasteiger partial charge on any atom is 0.161 e. The van der Waals surface area contributed by atoms with Gasteiger partial charge in [-0.15, -0.1) is 0 Å². The molecule has 1 rings (SSSR count). The van der Waals surface area contributed by atoms with Crippen LogP contribution in [0, 0.1) is 0 Å². The molecule has 0 N–H and O–H groups in total. The van der Waals surface area contributed by atoms with E-state index < -0.39 is 8.80 Å². The molecule has 0 spiro atoms. The minimum absolute atomic E-state index is 0.887. The van der Waals surface area contributed by atoms with Gasteiger partial charge in [0.25, 0.3) is 0 Å². The fraction of sp³-hybridized carbons (Fsp3) is 0.125. The van der Waals surface area contributed by atoms with Crippen molar-refractivity contribution in [3.05, 3.63) is 30.3 Å². The smallest absolute Gasteiger partial charge is 0.161 e. The van der Waals surface area contributed by atoms with Gasteiger partial charge in [-0.3, -0.25) is 0 Å². The summed E-state index contributed by atoms with van der Waals surface area (Å²) < 4.78 is 0. The Balaban J connectivity index is 2.84. The third-order valence-corrected chi connectivity index (χ3v) is 3.00. The van der Waals surface area contributed by atoms with Gasteiger partial charge in [0.2, 0.25) is 0 Å². The summed E-state index contributed by atoms with van der Waals surface area (Å²) in [6.07, 6.45) is 0. The summed E-state index contributed by atoms with van der Waals surface area (Å²) in [5.74, 6) is 1.06. The molecular formula is C8H9OSi. The molecule has 0 bridgehead atoms. The van der Waals surface area contributed by atoms with Crippen molar-refractivity contribution in [3.8, 4) is 0 Å². The minimum Gasteiger partial charge on any atom is -0.309 e. The predicted molar refractivity (Wildman–Crippen MR) is 44.4 cm³/mol. The molecule has 10 heavy (non-hydrogen) atoms. The predicted octanol–water partition coefficient (Wildman–Crippen LogP) is 0.790. The number of hydrogen-bond donors (Lipinski definition) is 0. The first-order valence-corrected chi connectivity index (χ1v) is 5.26. The van der Waals surface area contributed by atoms with Crippen LogP contribution in [0.15, 0.2) is 30.3 Å². The third-order valence-electron chi connectivity index (χ3n) is 1.41. The fourth-order valence-electron chi connectivity index (χ4n) is 0.769. The molecule has 0 saturated carbocycles. The summed E-state index contributed by atoms with van der Waals surface area (Å²) >= 11 is 0. The SMILES string of the molecule is C[Si](C=O)c1ccccc1. The molecule has 0 aliphatic rings. The van der Waals surface area contributed by atoms with Crippen molar-refractivity contribution in [2.24, 2.45) is 0 Å². The number of carbonyl (C=O) groups is 1. The van der Waals surface area contributed by atoms with Gasteiger partial charge in [0.15, 0.2) is 8.80 Å². The molecule has 1 aromatic carbocycles. The Morgan fingerprint density at radius 1 is 1.30 bits per heavy atom. The molecular weight excluding hydrogens is 140 g/mol. The molecule has 0 atom stereocenters. The molecule has 0 aliphatic carbocycles. The summed E-state index contributed by atoms with van der Waals surface area (Å²) in [6.45, 7) is 1.99. The maximum atomic E-state index is 10.4. The van der Waals surface area contributed by atoms with E-state index in [9.17, 15) is 4.79 Å². The first-order chi connectivity index (χ1) is 4.84. The molecule has 0 amide bonds. The Hall–Kier alpha value is -0.893. The van der Waals surface area contributed by atoms with Crippen LogP contribution in [0.3, 0.4) is 0 Å². The standard InChI is InChI=1S/C8H9OSi/c1-10(7-9)8-5-3-2-4-6-8/h2-7H,1H3. The highest BCUT2D eigenvalue weighted by Gasteiger charge is 2.03. The van der Waals surface area contributed by atoms with E-state index in [4.69, 9.17) is 0 Å². The second kappa shape index (κ2) is 3.32. The average molecular weight is 149 g/mol. The van der Waals surface area contributed by atoms with E-state index in [1.54, 1.807) is 0 Å². The largest absolute Gasteiger partial charge is 0.309 e. The second-order valence-electron chi connectivity index (χ2n) is 2.17. The molecule has 0 saturated heterocycles. The van der Waals surface area contributed by atoms with Crippen LogP contribution in [-0.4, -0.2) is 14.7 Å². The highest BCUT2D eigenvalue weighted by atomic mass is 28.3. The van der Waals surface area contributed by atoms with Crippen LogP contribution in [0.25, 0.3) is 0 Å². The summed E-state index contributed by atoms with van der Waals surface area (Å²) in [5.41, 5.74) is 0. The maximum absolute atomic E-state index is 10.4. The van der Waals surface area contributed by atoms with Crippen LogP contribution in [0.4, 0.5) is 0 Å². The van der Waals surface area contributed by atoms with Crippen LogP contribution in [-0.2, 0) is 4.79 Å². The zero-order valence-electron chi connectivity index (χ0n) is 5.87. The number of rotatable bonds is 2. The van der Waals surface area contributed by atoms with Crippen molar-refractivity contribution < 1.29 is 4.79 Å². The highest BCUT2D eigenvalue weighted by molar-refractivity contribution is 6.93. The molecule has 0 heterocycles. The van der Waals surface area contributed by atoms with Crippen LogP contribution in [0.1, 0.15) is 0 Å². The molecule has 0 aromatic heterocycles. The molecule has 0 aliphatic heterocycles. The van der Waals surface area contributed by atoms with Crippen molar-refractivity contribution >= 4 is 19.9 Å². The topological polar surface area (TPSA) is 17.1 Å². The second-order valence-corrected chi connectivity index (χ2v) is 4.35. The van der Waals surface area contributed by atoms with Crippen LogP contribution >= 0.6 is 0 Å². The Morgan fingerprint density at radius 2 is 1.90 bits per heavy atom. The van der Waals surface area contributed by atoms with E-state index in [-0.39, 0.29) is 0 Å². The van der Waals surface area contributed by atoms with E-state index in [1.807, 2.05) is 36.9 Å². The molecule has 0 fully saturated rings. The number of hydrogen-bond acceptors (Lipinski definition) is 1. The Morgan fingerprint density at radius 3 is 2.40 bits per heavy atom. The Labute approximate surface area is 62.3 Å². The van der Waals surface area contributed by atoms with Crippen molar-refractivity contribution in [2.75, 3.05) is 0 Å². The normalized spacial score (nSPS) is 9.80. The van der Waals surface area contributed by atoms with Gasteiger partial charge in [0.05, 0.1) is 0 Å². The molecule has 2 heteroatoms. The number of benzene rings is 1. The van der Waals surface area contributed by atoms with Crippen molar-refractivity contribution in [1.29, 1.82) is 0 Å². The molecule has 1 radical (unpaired) electrons. The van der Waals surface area contributed by atoms with E-state index in [0.29, 0.717) is 0 Å². The van der Waals surface area contributed by atoms with Crippen molar-refractivity contribution in [1.82, 2.24) is 0 Å². The van der Waals surface area contributed by atoms with E-state index in [1.165, 1.54) is 5.19 Å². The molecule has 0 unspecified atom stereocenters. The minimum atomic E-state index is -0.887. The van der Waals surface area contributed by atoms with Crippen LogP contribution in [0.5, 0.6) is 0 Å². The summed E-state index contributed by atoms with van der Waals surface area (Å²) in [5, 5.41) is 1.18. The van der Waals surface area contributed by atoms with Gasteiger partial charge in [-0.25, -0.2) is 0 Å². The van der Waals surface area contributed by atoms with Gasteiger partial charge >= 0.3 is 0 Å². The van der Waals surface area contributed by atoms with Gasteiger partial charge in [-0.05, 0) is 0 Å². The molecule has 1 nitrogen and oxygen atoms in total. The molecule has 1 aromatic rings. The quantitative estimate of drug-likeness (QED) is 0.449. The van der Waals surface area contributed by atoms with E-state index >= 15 is 0 Å². The summed E-state index contributed by atoms with van der Waals surface area (Å²) in [7, 11) is -0.887. The first-order valence-electron chi connectivity index (χ1n) is 3.19. The van der Waals surface area contributed by atoms with Crippen molar-refractivity contribution in [3.63, 3.8) is 0 Å². The first kappa shape index (κ1) is 7.22.